The van der Waals surface area contributed by atoms with Gasteiger partial charge < -0.3 is 5.73 Å². The van der Waals surface area contributed by atoms with Crippen LogP contribution in [0.15, 0.2) is 28.7 Å². The Morgan fingerprint density at radius 3 is 2.62 bits per heavy atom. The van der Waals surface area contributed by atoms with Crippen LogP contribution in [0.25, 0.3) is 0 Å². The van der Waals surface area contributed by atoms with Crippen molar-refractivity contribution in [1.82, 2.24) is 0 Å². The summed E-state index contributed by atoms with van der Waals surface area (Å²) < 4.78 is 1.18. The van der Waals surface area contributed by atoms with E-state index >= 15 is 0 Å². The molecule has 0 aromatic heterocycles. The van der Waals surface area contributed by atoms with Crippen molar-refractivity contribution in [3.05, 3.63) is 34.3 Å². The van der Waals surface area contributed by atoms with Gasteiger partial charge in [0, 0.05) is 10.5 Å². The maximum absolute atomic E-state index is 6.14. The molecule has 0 saturated heterocycles. The maximum Gasteiger partial charge on any atom is 0.0207 e. The van der Waals surface area contributed by atoms with Crippen LogP contribution in [-0.4, -0.2) is 6.04 Å². The molecule has 1 aromatic carbocycles. The molecule has 0 bridgehead atoms. The molecule has 0 aliphatic heterocycles. The van der Waals surface area contributed by atoms with Crippen molar-refractivity contribution < 1.29 is 0 Å². The van der Waals surface area contributed by atoms with Crippen LogP contribution in [-0.2, 0) is 6.42 Å². The molecule has 1 rings (SSSR count). The fourth-order valence-electron chi connectivity index (χ4n) is 1.88. The number of rotatable bonds is 7. The first-order chi connectivity index (χ1) is 7.74. The van der Waals surface area contributed by atoms with Gasteiger partial charge in [0.2, 0.25) is 0 Å². The SMILES string of the molecule is CCCCCCC(N)Cc1ccccc1Br. The van der Waals surface area contributed by atoms with Gasteiger partial charge in [-0.25, -0.2) is 0 Å². The fourth-order valence-corrected chi connectivity index (χ4v) is 2.33. The molecule has 0 fully saturated rings. The van der Waals surface area contributed by atoms with Gasteiger partial charge in [0.05, 0.1) is 0 Å². The Kier molecular flexibility index (Phi) is 6.74. The van der Waals surface area contributed by atoms with Gasteiger partial charge in [0.15, 0.2) is 0 Å². The van der Waals surface area contributed by atoms with Gasteiger partial charge in [0.1, 0.15) is 0 Å². The topological polar surface area (TPSA) is 26.0 Å². The highest BCUT2D eigenvalue weighted by Crippen LogP contribution is 2.18. The van der Waals surface area contributed by atoms with Crippen molar-refractivity contribution in [3.63, 3.8) is 0 Å². The molecule has 0 saturated carbocycles. The molecule has 2 N–H and O–H groups in total. The monoisotopic (exact) mass is 283 g/mol. The van der Waals surface area contributed by atoms with E-state index in [9.17, 15) is 0 Å². The first kappa shape index (κ1) is 13.7. The largest absolute Gasteiger partial charge is 0.327 e. The second-order valence-electron chi connectivity index (χ2n) is 4.40. The molecule has 1 aromatic rings. The molecule has 1 unspecified atom stereocenters. The molecule has 0 heterocycles. The first-order valence-electron chi connectivity index (χ1n) is 6.23. The summed E-state index contributed by atoms with van der Waals surface area (Å²) in [7, 11) is 0. The van der Waals surface area contributed by atoms with E-state index in [4.69, 9.17) is 5.73 Å². The normalized spacial score (nSPS) is 12.7. The van der Waals surface area contributed by atoms with Gasteiger partial charge in [-0.05, 0) is 24.5 Å². The molecular formula is C14H22BrN. The number of nitrogens with two attached hydrogens (primary N) is 1. The standard InChI is InChI=1S/C14H22BrN/c1-2-3-4-5-9-13(16)11-12-8-6-7-10-14(12)15/h6-8,10,13H,2-5,9,11,16H2,1H3. The van der Waals surface area contributed by atoms with Crippen LogP contribution in [0.5, 0.6) is 0 Å². The van der Waals surface area contributed by atoms with E-state index < -0.39 is 0 Å². The van der Waals surface area contributed by atoms with E-state index in [0.29, 0.717) is 6.04 Å². The van der Waals surface area contributed by atoms with E-state index in [1.165, 1.54) is 35.7 Å². The molecule has 0 radical (unpaired) electrons. The third-order valence-electron chi connectivity index (χ3n) is 2.87. The van der Waals surface area contributed by atoms with Crippen molar-refractivity contribution in [2.45, 2.75) is 51.5 Å². The maximum atomic E-state index is 6.14. The minimum Gasteiger partial charge on any atom is -0.327 e. The quantitative estimate of drug-likeness (QED) is 0.743. The van der Waals surface area contributed by atoms with Gasteiger partial charge in [-0.1, -0.05) is 66.7 Å². The second kappa shape index (κ2) is 7.86. The zero-order valence-corrected chi connectivity index (χ0v) is 11.7. The highest BCUT2D eigenvalue weighted by atomic mass is 79.9. The number of halogens is 1. The average molecular weight is 284 g/mol. The molecule has 0 aliphatic carbocycles. The minimum atomic E-state index is 0.301. The Hall–Kier alpha value is -0.340. The molecule has 0 amide bonds. The van der Waals surface area contributed by atoms with Crippen molar-refractivity contribution in [3.8, 4) is 0 Å². The van der Waals surface area contributed by atoms with Crippen molar-refractivity contribution in [1.29, 1.82) is 0 Å². The first-order valence-corrected chi connectivity index (χ1v) is 7.02. The van der Waals surface area contributed by atoms with Crippen LogP contribution in [0, 0.1) is 0 Å². The van der Waals surface area contributed by atoms with E-state index in [-0.39, 0.29) is 0 Å². The molecule has 1 nitrogen and oxygen atoms in total. The summed E-state index contributed by atoms with van der Waals surface area (Å²) >= 11 is 3.56. The lowest BCUT2D eigenvalue weighted by Gasteiger charge is -2.12. The summed E-state index contributed by atoms with van der Waals surface area (Å²) in [6.45, 7) is 2.24. The smallest absolute Gasteiger partial charge is 0.0207 e. The van der Waals surface area contributed by atoms with Crippen LogP contribution < -0.4 is 5.73 Å². The predicted molar refractivity (Wildman–Crippen MR) is 74.6 cm³/mol. The lowest BCUT2D eigenvalue weighted by atomic mass is 10.0. The Bertz CT molecular complexity index is 299. The molecule has 2 heteroatoms. The number of hydrogen-bond acceptors (Lipinski definition) is 1. The molecule has 0 spiro atoms. The second-order valence-corrected chi connectivity index (χ2v) is 5.26. The lowest BCUT2D eigenvalue weighted by molar-refractivity contribution is 0.545. The third-order valence-corrected chi connectivity index (χ3v) is 3.64. The lowest BCUT2D eigenvalue weighted by Crippen LogP contribution is -2.22. The Morgan fingerprint density at radius 2 is 1.94 bits per heavy atom. The summed E-state index contributed by atoms with van der Waals surface area (Å²) in [5.41, 5.74) is 7.46. The summed E-state index contributed by atoms with van der Waals surface area (Å²) in [5.74, 6) is 0. The fraction of sp³-hybridized carbons (Fsp3) is 0.571. The summed E-state index contributed by atoms with van der Waals surface area (Å²) in [4.78, 5) is 0. The molecular weight excluding hydrogens is 262 g/mol. The minimum absolute atomic E-state index is 0.301. The van der Waals surface area contributed by atoms with Gasteiger partial charge in [-0.2, -0.15) is 0 Å². The van der Waals surface area contributed by atoms with E-state index in [0.717, 1.165) is 12.8 Å². The van der Waals surface area contributed by atoms with Crippen LogP contribution in [0.3, 0.4) is 0 Å². The van der Waals surface area contributed by atoms with Crippen molar-refractivity contribution in [2.75, 3.05) is 0 Å². The zero-order valence-electron chi connectivity index (χ0n) is 10.1. The van der Waals surface area contributed by atoms with Crippen molar-refractivity contribution in [2.24, 2.45) is 5.73 Å². The summed E-state index contributed by atoms with van der Waals surface area (Å²) in [6, 6.07) is 8.65. The third kappa shape index (κ3) is 5.13. The Labute approximate surface area is 108 Å². The van der Waals surface area contributed by atoms with E-state index in [2.05, 4.69) is 41.1 Å². The van der Waals surface area contributed by atoms with Crippen LogP contribution in [0.4, 0.5) is 0 Å². The van der Waals surface area contributed by atoms with Crippen LogP contribution in [0.2, 0.25) is 0 Å². The van der Waals surface area contributed by atoms with Gasteiger partial charge in [-0.15, -0.1) is 0 Å². The number of hydrogen-bond donors (Lipinski definition) is 1. The highest BCUT2D eigenvalue weighted by Gasteiger charge is 2.06. The van der Waals surface area contributed by atoms with Gasteiger partial charge in [-0.3, -0.25) is 0 Å². The summed E-state index contributed by atoms with van der Waals surface area (Å²) in [5, 5.41) is 0. The van der Waals surface area contributed by atoms with Crippen LogP contribution >= 0.6 is 15.9 Å². The van der Waals surface area contributed by atoms with E-state index in [1.54, 1.807) is 0 Å². The van der Waals surface area contributed by atoms with Crippen molar-refractivity contribution >= 4 is 15.9 Å². The van der Waals surface area contributed by atoms with Gasteiger partial charge in [0.25, 0.3) is 0 Å². The molecule has 90 valence electrons. The highest BCUT2D eigenvalue weighted by molar-refractivity contribution is 9.10. The number of benzene rings is 1. The van der Waals surface area contributed by atoms with Gasteiger partial charge >= 0.3 is 0 Å². The molecule has 0 aliphatic rings. The zero-order chi connectivity index (χ0) is 11.8. The summed E-state index contributed by atoms with van der Waals surface area (Å²) in [6.07, 6.45) is 7.33. The molecule has 1 atom stereocenters. The van der Waals surface area contributed by atoms with E-state index in [1.807, 2.05) is 6.07 Å². The Morgan fingerprint density at radius 1 is 1.19 bits per heavy atom. The average Bonchev–Trinajstić information content (AvgIpc) is 2.28. The van der Waals surface area contributed by atoms with Crippen LogP contribution in [0.1, 0.15) is 44.6 Å². The molecule has 16 heavy (non-hydrogen) atoms. The predicted octanol–water partition coefficient (Wildman–Crippen LogP) is 4.29. The number of unbranched alkanes of at least 4 members (excludes halogenated alkanes) is 3. The Balaban J connectivity index is 2.28.